The molecule has 0 spiro atoms. The fourth-order valence-electron chi connectivity index (χ4n) is 3.71. The van der Waals surface area contributed by atoms with Gasteiger partial charge in [-0.05, 0) is 62.1 Å². The minimum Gasteiger partial charge on any atom is -0.490 e. The number of rotatable bonds is 10. The number of halogens is 1. The van der Waals surface area contributed by atoms with Gasteiger partial charge in [-0.3, -0.25) is 9.59 Å². The molecule has 1 aliphatic rings. The van der Waals surface area contributed by atoms with Crippen molar-refractivity contribution in [2.24, 2.45) is 0 Å². The number of amides is 2. The molecule has 8 nitrogen and oxygen atoms in total. The molecule has 0 N–H and O–H groups in total. The summed E-state index contributed by atoms with van der Waals surface area (Å²) in [4.78, 5) is 40.4. The van der Waals surface area contributed by atoms with E-state index in [-0.39, 0.29) is 30.4 Å². The second kappa shape index (κ2) is 12.7. The van der Waals surface area contributed by atoms with Crippen molar-refractivity contribution in [1.82, 2.24) is 9.80 Å². The lowest BCUT2D eigenvalue weighted by Gasteiger charge is -2.26. The largest absolute Gasteiger partial charge is 0.490 e. The Bertz CT molecular complexity index is 1040. The molecule has 188 valence electrons. The predicted molar refractivity (Wildman–Crippen MR) is 127 cm³/mol. The maximum absolute atomic E-state index is 13.3. The van der Waals surface area contributed by atoms with Crippen molar-refractivity contribution >= 4 is 17.8 Å². The summed E-state index contributed by atoms with van der Waals surface area (Å²) in [5, 5.41) is 0. The first kappa shape index (κ1) is 26.0. The third-order valence-electron chi connectivity index (χ3n) is 5.60. The van der Waals surface area contributed by atoms with Gasteiger partial charge in [-0.15, -0.1) is 0 Å². The molecule has 0 aromatic heterocycles. The smallest absolute Gasteiger partial charge is 0.338 e. The number of esters is 1. The molecule has 1 fully saturated rings. The number of ether oxygens (including phenoxy) is 3. The highest BCUT2D eigenvalue weighted by molar-refractivity contribution is 5.92. The lowest BCUT2D eigenvalue weighted by molar-refractivity contribution is -0.134. The van der Waals surface area contributed by atoms with Gasteiger partial charge in [0.25, 0.3) is 11.8 Å². The highest BCUT2D eigenvalue weighted by Crippen LogP contribution is 2.29. The monoisotopic (exact) mass is 486 g/mol. The first-order valence-corrected chi connectivity index (χ1v) is 11.7. The Kier molecular flexibility index (Phi) is 9.46. The molecule has 0 bridgehead atoms. The molecule has 2 aromatic rings. The Morgan fingerprint density at radius 2 is 1.74 bits per heavy atom. The van der Waals surface area contributed by atoms with Crippen LogP contribution in [0.3, 0.4) is 0 Å². The molecule has 0 radical (unpaired) electrons. The van der Waals surface area contributed by atoms with Crippen LogP contribution in [0.4, 0.5) is 4.39 Å². The maximum Gasteiger partial charge on any atom is 0.338 e. The Balaban J connectivity index is 1.55. The molecule has 3 rings (SSSR count). The molecule has 0 unspecified atom stereocenters. The molecule has 1 saturated heterocycles. The van der Waals surface area contributed by atoms with Crippen LogP contribution in [0.25, 0.3) is 0 Å². The molecule has 35 heavy (non-hydrogen) atoms. The van der Waals surface area contributed by atoms with Gasteiger partial charge in [0.2, 0.25) is 0 Å². The van der Waals surface area contributed by atoms with E-state index in [4.69, 9.17) is 14.2 Å². The van der Waals surface area contributed by atoms with E-state index in [0.717, 1.165) is 32.4 Å². The summed E-state index contributed by atoms with van der Waals surface area (Å²) in [6, 6.07) is 10.4. The van der Waals surface area contributed by atoms with E-state index < -0.39 is 18.5 Å². The average molecular weight is 487 g/mol. The van der Waals surface area contributed by atoms with Gasteiger partial charge in [0.05, 0.1) is 12.2 Å². The van der Waals surface area contributed by atoms with Crippen molar-refractivity contribution in [2.75, 3.05) is 40.0 Å². The molecule has 0 saturated carbocycles. The van der Waals surface area contributed by atoms with E-state index in [1.165, 1.54) is 29.2 Å². The van der Waals surface area contributed by atoms with E-state index in [0.29, 0.717) is 23.7 Å². The van der Waals surface area contributed by atoms with Gasteiger partial charge in [-0.25, -0.2) is 9.18 Å². The third-order valence-corrected chi connectivity index (χ3v) is 5.60. The van der Waals surface area contributed by atoms with Crippen LogP contribution < -0.4 is 9.47 Å². The minimum atomic E-state index is -0.700. The predicted octanol–water partition coefficient (Wildman–Crippen LogP) is 3.43. The Labute approximate surface area is 204 Å². The zero-order valence-corrected chi connectivity index (χ0v) is 20.1. The minimum absolute atomic E-state index is 0.0866. The summed E-state index contributed by atoms with van der Waals surface area (Å²) in [6.45, 7) is 3.21. The number of hydrogen-bond acceptors (Lipinski definition) is 6. The van der Waals surface area contributed by atoms with Gasteiger partial charge < -0.3 is 24.0 Å². The highest BCUT2D eigenvalue weighted by atomic mass is 19.1. The number of benzene rings is 2. The van der Waals surface area contributed by atoms with Crippen LogP contribution in [0.2, 0.25) is 0 Å². The molecule has 2 amide bonds. The lowest BCUT2D eigenvalue weighted by Crippen LogP contribution is -2.38. The van der Waals surface area contributed by atoms with Crippen molar-refractivity contribution in [3.8, 4) is 11.5 Å². The van der Waals surface area contributed by atoms with E-state index in [2.05, 4.69) is 0 Å². The first-order chi connectivity index (χ1) is 16.9. The number of hydrogen-bond donors (Lipinski definition) is 0. The van der Waals surface area contributed by atoms with E-state index >= 15 is 0 Å². The Morgan fingerprint density at radius 3 is 2.46 bits per heavy atom. The summed E-state index contributed by atoms with van der Waals surface area (Å²) in [6.07, 6.45) is 3.12. The van der Waals surface area contributed by atoms with Gasteiger partial charge in [-0.1, -0.05) is 12.1 Å². The van der Waals surface area contributed by atoms with E-state index in [9.17, 15) is 18.8 Å². The number of carbonyl (C=O) groups is 3. The quantitative estimate of drug-likeness (QED) is 0.479. The summed E-state index contributed by atoms with van der Waals surface area (Å²) < 4.78 is 29.8. The standard InChI is InChI=1S/C26H31FN2O6/c1-3-33-23-15-20(10-11-22(23)34-18-25(31)29-12-5-4-6-13-29)26(32)35-17-24(30)28(2)16-19-8-7-9-21(27)14-19/h7-11,14-15H,3-6,12-13,16-18H2,1-2H3. The Morgan fingerprint density at radius 1 is 0.971 bits per heavy atom. The fourth-order valence-corrected chi connectivity index (χ4v) is 3.71. The van der Waals surface area contributed by atoms with Crippen LogP contribution >= 0.6 is 0 Å². The van der Waals surface area contributed by atoms with Crippen LogP contribution in [-0.4, -0.2) is 67.5 Å². The normalized spacial score (nSPS) is 13.2. The van der Waals surface area contributed by atoms with Crippen molar-refractivity contribution in [2.45, 2.75) is 32.7 Å². The summed E-state index contributed by atoms with van der Waals surface area (Å²) in [7, 11) is 1.55. The van der Waals surface area contributed by atoms with Gasteiger partial charge in [-0.2, -0.15) is 0 Å². The van der Waals surface area contributed by atoms with Gasteiger partial charge in [0.15, 0.2) is 24.7 Å². The molecular formula is C26H31FN2O6. The van der Waals surface area contributed by atoms with Crippen molar-refractivity contribution in [3.63, 3.8) is 0 Å². The molecule has 9 heteroatoms. The van der Waals surface area contributed by atoms with Crippen LogP contribution in [0, 0.1) is 5.82 Å². The molecule has 1 heterocycles. The SMILES string of the molecule is CCOc1cc(C(=O)OCC(=O)N(C)Cc2cccc(F)c2)ccc1OCC(=O)N1CCCCC1. The van der Waals surface area contributed by atoms with Crippen molar-refractivity contribution in [3.05, 3.63) is 59.4 Å². The van der Waals surface area contributed by atoms with Crippen LogP contribution in [0.1, 0.15) is 42.1 Å². The van der Waals surface area contributed by atoms with Crippen molar-refractivity contribution < 1.29 is 33.0 Å². The zero-order chi connectivity index (χ0) is 25.2. The van der Waals surface area contributed by atoms with Crippen LogP contribution in [-0.2, 0) is 20.9 Å². The van der Waals surface area contributed by atoms with Gasteiger partial charge in [0.1, 0.15) is 5.82 Å². The number of carbonyl (C=O) groups excluding carboxylic acids is 3. The number of piperidine rings is 1. The zero-order valence-electron chi connectivity index (χ0n) is 20.1. The van der Waals surface area contributed by atoms with Gasteiger partial charge in [0, 0.05) is 26.7 Å². The number of likely N-dealkylation sites (tertiary alicyclic amines) is 1. The molecule has 0 aliphatic carbocycles. The number of nitrogens with zero attached hydrogens (tertiary/aromatic N) is 2. The average Bonchev–Trinajstić information content (AvgIpc) is 2.86. The van der Waals surface area contributed by atoms with Crippen LogP contribution in [0.15, 0.2) is 42.5 Å². The first-order valence-electron chi connectivity index (χ1n) is 11.7. The van der Waals surface area contributed by atoms with Crippen molar-refractivity contribution in [1.29, 1.82) is 0 Å². The highest BCUT2D eigenvalue weighted by Gasteiger charge is 2.19. The maximum atomic E-state index is 13.3. The third kappa shape index (κ3) is 7.70. The number of likely N-dealkylation sites (N-methyl/N-ethyl adjacent to an activating group) is 1. The van der Waals surface area contributed by atoms with E-state index in [1.807, 2.05) is 0 Å². The molecular weight excluding hydrogens is 455 g/mol. The fraction of sp³-hybridized carbons (Fsp3) is 0.423. The second-order valence-electron chi connectivity index (χ2n) is 8.28. The lowest BCUT2D eigenvalue weighted by atomic mass is 10.1. The molecule has 2 aromatic carbocycles. The summed E-state index contributed by atoms with van der Waals surface area (Å²) in [5.41, 5.74) is 0.812. The van der Waals surface area contributed by atoms with E-state index in [1.54, 1.807) is 37.1 Å². The Hall–Kier alpha value is -3.62. The summed E-state index contributed by atoms with van der Waals surface area (Å²) >= 11 is 0. The molecule has 0 atom stereocenters. The molecule has 1 aliphatic heterocycles. The van der Waals surface area contributed by atoms with Crippen LogP contribution in [0.5, 0.6) is 11.5 Å². The topological polar surface area (TPSA) is 85.4 Å². The summed E-state index contributed by atoms with van der Waals surface area (Å²) in [5.74, 6) is -0.944. The second-order valence-corrected chi connectivity index (χ2v) is 8.28. The van der Waals surface area contributed by atoms with Gasteiger partial charge >= 0.3 is 5.97 Å².